The maximum absolute atomic E-state index is 11.4. The molecule has 0 bridgehead atoms. The molecule has 0 radical (unpaired) electrons. The maximum atomic E-state index is 11.4. The summed E-state index contributed by atoms with van der Waals surface area (Å²) in [5.74, 6) is -0.672. The summed E-state index contributed by atoms with van der Waals surface area (Å²) in [7, 11) is 0. The molecule has 2 aromatic carbocycles. The Balaban J connectivity index is 1.85. The van der Waals surface area contributed by atoms with E-state index in [4.69, 9.17) is 5.73 Å². The zero-order valence-corrected chi connectivity index (χ0v) is 12.9. The zero-order valence-electron chi connectivity index (χ0n) is 12.9. The van der Waals surface area contributed by atoms with Crippen molar-refractivity contribution >= 4 is 5.97 Å². The minimum Gasteiger partial charge on any atom is -0.508 e. The molecular formula is C18H22N2O3. The van der Waals surface area contributed by atoms with Crippen LogP contribution in [0.5, 0.6) is 5.75 Å². The minimum atomic E-state index is -0.912. The second-order valence-corrected chi connectivity index (χ2v) is 5.52. The van der Waals surface area contributed by atoms with Crippen molar-refractivity contribution in [1.29, 1.82) is 0 Å². The number of carboxylic acids is 1. The fourth-order valence-electron chi connectivity index (χ4n) is 2.47. The Morgan fingerprint density at radius 3 is 2.39 bits per heavy atom. The first-order valence-electron chi connectivity index (χ1n) is 7.61. The molecule has 0 amide bonds. The van der Waals surface area contributed by atoms with Crippen molar-refractivity contribution < 1.29 is 15.0 Å². The molecule has 5 N–H and O–H groups in total. The third-order valence-corrected chi connectivity index (χ3v) is 3.72. The van der Waals surface area contributed by atoms with E-state index >= 15 is 0 Å². The molecule has 0 aliphatic rings. The van der Waals surface area contributed by atoms with Crippen molar-refractivity contribution in [3.05, 3.63) is 65.7 Å². The summed E-state index contributed by atoms with van der Waals surface area (Å²) in [6.45, 7) is 0.487. The molecule has 0 aliphatic heterocycles. The molecule has 2 atom stereocenters. The molecule has 23 heavy (non-hydrogen) atoms. The topological polar surface area (TPSA) is 95.6 Å². The summed E-state index contributed by atoms with van der Waals surface area (Å²) < 4.78 is 0. The summed E-state index contributed by atoms with van der Waals surface area (Å²) in [6.07, 6.45) is 1.17. The van der Waals surface area contributed by atoms with Crippen LogP contribution in [0.2, 0.25) is 0 Å². The monoisotopic (exact) mass is 314 g/mol. The fourth-order valence-corrected chi connectivity index (χ4v) is 2.47. The number of hydrogen-bond donors (Lipinski definition) is 4. The molecule has 1 unspecified atom stereocenters. The van der Waals surface area contributed by atoms with Gasteiger partial charge in [0.25, 0.3) is 0 Å². The van der Waals surface area contributed by atoms with Gasteiger partial charge in [0.1, 0.15) is 11.8 Å². The Morgan fingerprint density at radius 2 is 1.74 bits per heavy atom. The highest BCUT2D eigenvalue weighted by Gasteiger charge is 2.18. The largest absolute Gasteiger partial charge is 0.508 e. The highest BCUT2D eigenvalue weighted by molar-refractivity contribution is 5.75. The van der Waals surface area contributed by atoms with Crippen molar-refractivity contribution in [3.63, 3.8) is 0 Å². The maximum Gasteiger partial charge on any atom is 0.325 e. The zero-order chi connectivity index (χ0) is 16.7. The quantitative estimate of drug-likeness (QED) is 0.598. The Labute approximate surface area is 135 Å². The van der Waals surface area contributed by atoms with E-state index in [9.17, 15) is 15.0 Å². The minimum absolute atomic E-state index is 0.152. The van der Waals surface area contributed by atoms with Gasteiger partial charge in [-0.25, -0.2) is 0 Å². The van der Waals surface area contributed by atoms with Crippen LogP contribution in [0.3, 0.4) is 0 Å². The fraction of sp³-hybridized carbons (Fsp3) is 0.278. The summed E-state index contributed by atoms with van der Waals surface area (Å²) in [6, 6.07) is 15.3. The van der Waals surface area contributed by atoms with Crippen molar-refractivity contribution in [1.82, 2.24) is 5.32 Å². The van der Waals surface area contributed by atoms with E-state index in [1.807, 2.05) is 30.3 Å². The van der Waals surface area contributed by atoms with E-state index in [-0.39, 0.29) is 11.8 Å². The van der Waals surface area contributed by atoms with Crippen molar-refractivity contribution in [2.45, 2.75) is 24.9 Å². The highest BCUT2D eigenvalue weighted by atomic mass is 16.4. The van der Waals surface area contributed by atoms with Crippen molar-refractivity contribution in [3.8, 4) is 5.75 Å². The van der Waals surface area contributed by atoms with Gasteiger partial charge in [0.2, 0.25) is 0 Å². The number of carbonyl (C=O) groups is 1. The van der Waals surface area contributed by atoms with Gasteiger partial charge < -0.3 is 21.3 Å². The number of aromatic hydroxyl groups is 1. The lowest BCUT2D eigenvalue weighted by atomic mass is 10.0. The molecule has 0 fully saturated rings. The normalized spacial score (nSPS) is 13.4. The van der Waals surface area contributed by atoms with Crippen LogP contribution in [0.4, 0.5) is 0 Å². The van der Waals surface area contributed by atoms with Crippen LogP contribution in [0.15, 0.2) is 54.6 Å². The molecule has 2 rings (SSSR count). The predicted octanol–water partition coefficient (Wildman–Crippen LogP) is 2.07. The third kappa shape index (κ3) is 5.09. The van der Waals surface area contributed by atoms with Crippen LogP contribution < -0.4 is 11.1 Å². The predicted molar refractivity (Wildman–Crippen MR) is 89.2 cm³/mol. The Bertz CT molecular complexity index is 631. The molecule has 5 heteroatoms. The van der Waals surface area contributed by atoms with E-state index in [1.54, 1.807) is 24.3 Å². The second-order valence-electron chi connectivity index (χ2n) is 5.52. The number of phenols is 1. The highest BCUT2D eigenvalue weighted by Crippen LogP contribution is 2.18. The van der Waals surface area contributed by atoms with Gasteiger partial charge in [-0.2, -0.15) is 0 Å². The van der Waals surface area contributed by atoms with Gasteiger partial charge in [0.15, 0.2) is 0 Å². The number of aliphatic carboxylic acids is 1. The second kappa shape index (κ2) is 8.31. The molecule has 0 saturated heterocycles. The molecule has 0 heterocycles. The lowest BCUT2D eigenvalue weighted by Gasteiger charge is -2.17. The average Bonchev–Trinajstić information content (AvgIpc) is 2.54. The van der Waals surface area contributed by atoms with Crippen LogP contribution in [-0.4, -0.2) is 28.8 Å². The van der Waals surface area contributed by atoms with E-state index < -0.39 is 12.0 Å². The number of rotatable bonds is 8. The SMILES string of the molecule is N[C@H](CCNC(C(=O)O)c1ccccc1)Cc1ccccc1O. The Hall–Kier alpha value is -2.37. The lowest BCUT2D eigenvalue weighted by molar-refractivity contribution is -0.139. The van der Waals surface area contributed by atoms with E-state index in [0.717, 1.165) is 5.56 Å². The molecule has 5 nitrogen and oxygen atoms in total. The standard InChI is InChI=1S/C18H22N2O3/c19-15(12-14-8-4-5-9-16(14)21)10-11-20-17(18(22)23)13-6-2-1-3-7-13/h1-9,15,17,20-21H,10-12,19H2,(H,22,23)/t15-,17?/m1/s1. The molecule has 122 valence electrons. The molecule has 0 saturated carbocycles. The van der Waals surface area contributed by atoms with E-state index in [2.05, 4.69) is 5.32 Å². The number of carboxylic acid groups (broad SMARTS) is 1. The Morgan fingerprint density at radius 1 is 1.09 bits per heavy atom. The molecule has 0 aromatic heterocycles. The Kier molecular flexibility index (Phi) is 6.14. The first-order chi connectivity index (χ1) is 11.1. The van der Waals surface area contributed by atoms with Gasteiger partial charge in [0, 0.05) is 6.04 Å². The summed E-state index contributed by atoms with van der Waals surface area (Å²) >= 11 is 0. The van der Waals surface area contributed by atoms with Crippen LogP contribution >= 0.6 is 0 Å². The van der Waals surface area contributed by atoms with Crippen LogP contribution in [-0.2, 0) is 11.2 Å². The smallest absolute Gasteiger partial charge is 0.325 e. The molecule has 0 aliphatic carbocycles. The first-order valence-corrected chi connectivity index (χ1v) is 7.61. The van der Waals surface area contributed by atoms with Crippen molar-refractivity contribution in [2.24, 2.45) is 5.73 Å². The van der Waals surface area contributed by atoms with Crippen LogP contribution in [0, 0.1) is 0 Å². The first kappa shape index (κ1) is 17.0. The van der Waals surface area contributed by atoms with E-state index in [0.29, 0.717) is 24.9 Å². The molecular weight excluding hydrogens is 292 g/mol. The molecule has 2 aromatic rings. The van der Waals surface area contributed by atoms with Gasteiger partial charge in [0.05, 0.1) is 0 Å². The summed E-state index contributed by atoms with van der Waals surface area (Å²) in [4.78, 5) is 11.4. The lowest BCUT2D eigenvalue weighted by Crippen LogP contribution is -2.33. The summed E-state index contributed by atoms with van der Waals surface area (Å²) in [5.41, 5.74) is 7.60. The van der Waals surface area contributed by atoms with Crippen LogP contribution in [0.1, 0.15) is 23.6 Å². The number of benzene rings is 2. The van der Waals surface area contributed by atoms with Gasteiger partial charge in [-0.3, -0.25) is 4.79 Å². The number of hydrogen-bond acceptors (Lipinski definition) is 4. The number of nitrogens with one attached hydrogen (secondary N) is 1. The van der Waals surface area contributed by atoms with Crippen LogP contribution in [0.25, 0.3) is 0 Å². The van der Waals surface area contributed by atoms with E-state index in [1.165, 1.54) is 0 Å². The number of phenolic OH excluding ortho intramolecular Hbond substituents is 1. The summed E-state index contributed by atoms with van der Waals surface area (Å²) in [5, 5.41) is 22.1. The number of nitrogens with two attached hydrogens (primary N) is 1. The molecule has 0 spiro atoms. The van der Waals surface area contributed by atoms with Gasteiger partial charge >= 0.3 is 5.97 Å². The third-order valence-electron chi connectivity index (χ3n) is 3.72. The average molecular weight is 314 g/mol. The number of para-hydroxylation sites is 1. The van der Waals surface area contributed by atoms with Crippen molar-refractivity contribution in [2.75, 3.05) is 6.54 Å². The van der Waals surface area contributed by atoms with Gasteiger partial charge in [-0.15, -0.1) is 0 Å². The van der Waals surface area contributed by atoms with Gasteiger partial charge in [-0.05, 0) is 36.6 Å². The van der Waals surface area contributed by atoms with Gasteiger partial charge in [-0.1, -0.05) is 48.5 Å².